The highest BCUT2D eigenvalue weighted by Crippen LogP contribution is 2.35. The number of nitrogens with one attached hydrogen (secondary N) is 1. The normalized spacial score (nSPS) is 31.8. The van der Waals surface area contributed by atoms with E-state index in [0.29, 0.717) is 11.2 Å². The second kappa shape index (κ2) is 5.16. The third kappa shape index (κ3) is 2.15. The van der Waals surface area contributed by atoms with Crippen molar-refractivity contribution in [2.75, 3.05) is 19.6 Å². The molecule has 0 aliphatic carbocycles. The summed E-state index contributed by atoms with van der Waals surface area (Å²) in [4.78, 5) is 6.77. The lowest BCUT2D eigenvalue weighted by Gasteiger charge is -2.26. The van der Waals surface area contributed by atoms with Crippen LogP contribution in [0.4, 0.5) is 0 Å². The molecule has 0 radical (unpaired) electrons. The van der Waals surface area contributed by atoms with Crippen molar-refractivity contribution in [2.45, 2.75) is 25.9 Å². The van der Waals surface area contributed by atoms with Crippen LogP contribution in [-0.2, 0) is 6.54 Å². The van der Waals surface area contributed by atoms with Gasteiger partial charge in [0.1, 0.15) is 5.15 Å². The molecular weight excluding hydrogens is 246 g/mol. The fourth-order valence-electron chi connectivity index (χ4n) is 3.61. The molecule has 3 atom stereocenters. The highest BCUT2D eigenvalue weighted by atomic mass is 35.5. The van der Waals surface area contributed by atoms with Gasteiger partial charge in [-0.25, -0.2) is 4.98 Å². The summed E-state index contributed by atoms with van der Waals surface area (Å²) in [5.41, 5.74) is 1.16. The van der Waals surface area contributed by atoms with Crippen LogP contribution in [0.3, 0.4) is 0 Å². The summed E-state index contributed by atoms with van der Waals surface area (Å²) in [6.07, 6.45) is 2.98. The van der Waals surface area contributed by atoms with E-state index < -0.39 is 0 Å². The number of nitrogens with zero attached hydrogens (tertiary/aromatic N) is 2. The van der Waals surface area contributed by atoms with Gasteiger partial charge >= 0.3 is 0 Å². The zero-order chi connectivity index (χ0) is 12.5. The van der Waals surface area contributed by atoms with Crippen LogP contribution < -0.4 is 5.32 Å². The second-order valence-corrected chi connectivity index (χ2v) is 5.80. The van der Waals surface area contributed by atoms with Crippen LogP contribution in [0, 0.1) is 11.8 Å². The monoisotopic (exact) mass is 265 g/mol. The van der Waals surface area contributed by atoms with Gasteiger partial charge in [-0.2, -0.15) is 0 Å². The largest absolute Gasteiger partial charge is 0.316 e. The van der Waals surface area contributed by atoms with Gasteiger partial charge in [0.25, 0.3) is 0 Å². The fraction of sp³-hybridized carbons (Fsp3) is 0.643. The first-order valence-corrected chi connectivity index (χ1v) is 7.21. The van der Waals surface area contributed by atoms with E-state index in [1.165, 1.54) is 26.1 Å². The Morgan fingerprint density at radius 2 is 2.39 bits per heavy atom. The summed E-state index contributed by atoms with van der Waals surface area (Å²) in [5.74, 6) is 1.65. The Bertz CT molecular complexity index is 423. The Hall–Kier alpha value is -0.640. The Balaban J connectivity index is 1.75. The molecule has 18 heavy (non-hydrogen) atoms. The van der Waals surface area contributed by atoms with Crippen LogP contribution in [0.15, 0.2) is 18.3 Å². The van der Waals surface area contributed by atoms with Gasteiger partial charge in [-0.05, 0) is 37.4 Å². The quantitative estimate of drug-likeness (QED) is 0.849. The highest BCUT2D eigenvalue weighted by Gasteiger charge is 2.42. The van der Waals surface area contributed by atoms with Gasteiger partial charge in [-0.1, -0.05) is 24.6 Å². The number of halogens is 1. The maximum absolute atomic E-state index is 6.16. The summed E-state index contributed by atoms with van der Waals surface area (Å²) < 4.78 is 0. The lowest BCUT2D eigenvalue weighted by atomic mass is 9.93. The smallest absolute Gasteiger partial charge is 0.133 e. The minimum Gasteiger partial charge on any atom is -0.316 e. The van der Waals surface area contributed by atoms with E-state index in [1.54, 1.807) is 6.20 Å². The fourth-order valence-corrected chi connectivity index (χ4v) is 3.79. The molecule has 2 aliphatic rings. The van der Waals surface area contributed by atoms with Crippen molar-refractivity contribution in [3.05, 3.63) is 29.0 Å². The molecule has 3 unspecified atom stereocenters. The highest BCUT2D eigenvalue weighted by molar-refractivity contribution is 6.30. The van der Waals surface area contributed by atoms with Gasteiger partial charge in [0.15, 0.2) is 0 Å². The molecule has 1 N–H and O–H groups in total. The molecule has 2 fully saturated rings. The molecule has 1 aromatic heterocycles. The van der Waals surface area contributed by atoms with Crippen LogP contribution in [0.5, 0.6) is 0 Å². The van der Waals surface area contributed by atoms with E-state index in [0.717, 1.165) is 23.9 Å². The number of hydrogen-bond acceptors (Lipinski definition) is 3. The van der Waals surface area contributed by atoms with Crippen LogP contribution in [0.1, 0.15) is 18.9 Å². The second-order valence-electron chi connectivity index (χ2n) is 5.44. The summed E-state index contributed by atoms with van der Waals surface area (Å²) in [6.45, 7) is 6.79. The maximum Gasteiger partial charge on any atom is 0.133 e. The third-order valence-electron chi connectivity index (χ3n) is 4.45. The summed E-state index contributed by atoms with van der Waals surface area (Å²) in [5, 5.41) is 4.17. The van der Waals surface area contributed by atoms with Gasteiger partial charge in [0.2, 0.25) is 0 Å². The lowest BCUT2D eigenvalue weighted by molar-refractivity contribution is 0.210. The predicted molar refractivity (Wildman–Crippen MR) is 73.6 cm³/mol. The van der Waals surface area contributed by atoms with Crippen molar-refractivity contribution in [3.63, 3.8) is 0 Å². The first-order valence-electron chi connectivity index (χ1n) is 6.83. The molecular formula is C14H20ClN3. The predicted octanol–water partition coefficient (Wildman–Crippen LogP) is 2.16. The molecule has 0 amide bonds. The molecule has 0 aromatic carbocycles. The van der Waals surface area contributed by atoms with Crippen molar-refractivity contribution in [1.82, 2.24) is 15.2 Å². The number of rotatable bonds is 3. The first-order chi connectivity index (χ1) is 8.79. The van der Waals surface area contributed by atoms with Crippen LogP contribution in [-0.4, -0.2) is 35.6 Å². The first kappa shape index (κ1) is 12.4. The molecule has 3 nitrogen and oxygen atoms in total. The molecule has 3 rings (SSSR count). The SMILES string of the molecule is CCC1C2CNCC2CN1Cc1cccnc1Cl. The summed E-state index contributed by atoms with van der Waals surface area (Å²) in [6, 6.07) is 4.76. The van der Waals surface area contributed by atoms with Crippen molar-refractivity contribution in [2.24, 2.45) is 11.8 Å². The topological polar surface area (TPSA) is 28.2 Å². The number of pyridine rings is 1. The zero-order valence-electron chi connectivity index (χ0n) is 10.8. The van der Waals surface area contributed by atoms with Crippen molar-refractivity contribution in [3.8, 4) is 0 Å². The Morgan fingerprint density at radius 1 is 1.50 bits per heavy atom. The molecule has 0 saturated carbocycles. The molecule has 1 aromatic rings. The van der Waals surface area contributed by atoms with E-state index >= 15 is 0 Å². The minimum atomic E-state index is 0.655. The number of likely N-dealkylation sites (tertiary alicyclic amines) is 1. The van der Waals surface area contributed by atoms with Crippen molar-refractivity contribution in [1.29, 1.82) is 0 Å². The van der Waals surface area contributed by atoms with E-state index in [1.807, 2.05) is 6.07 Å². The van der Waals surface area contributed by atoms with Crippen molar-refractivity contribution >= 4 is 11.6 Å². The standard InChI is InChI=1S/C14H20ClN3/c1-2-13-12-7-16-6-11(12)9-18(13)8-10-4-3-5-17-14(10)15/h3-5,11-13,16H,2,6-9H2,1H3. The average molecular weight is 266 g/mol. The third-order valence-corrected chi connectivity index (χ3v) is 4.79. The van der Waals surface area contributed by atoms with E-state index in [4.69, 9.17) is 11.6 Å². The van der Waals surface area contributed by atoms with Gasteiger partial charge in [-0.15, -0.1) is 0 Å². The average Bonchev–Trinajstić information content (AvgIpc) is 2.92. The van der Waals surface area contributed by atoms with Crippen LogP contribution >= 0.6 is 11.6 Å². The van der Waals surface area contributed by atoms with E-state index in [2.05, 4.69) is 28.2 Å². The van der Waals surface area contributed by atoms with Gasteiger partial charge < -0.3 is 5.32 Å². The molecule has 2 saturated heterocycles. The maximum atomic E-state index is 6.16. The molecule has 2 aliphatic heterocycles. The Labute approximate surface area is 114 Å². The Kier molecular flexibility index (Phi) is 3.55. The van der Waals surface area contributed by atoms with Gasteiger partial charge in [0.05, 0.1) is 0 Å². The van der Waals surface area contributed by atoms with E-state index in [9.17, 15) is 0 Å². The van der Waals surface area contributed by atoms with Crippen molar-refractivity contribution < 1.29 is 0 Å². The molecule has 4 heteroatoms. The summed E-state index contributed by atoms with van der Waals surface area (Å²) in [7, 11) is 0. The van der Waals surface area contributed by atoms with E-state index in [-0.39, 0.29) is 0 Å². The Morgan fingerprint density at radius 3 is 3.17 bits per heavy atom. The van der Waals surface area contributed by atoms with Crippen LogP contribution in [0.2, 0.25) is 5.15 Å². The zero-order valence-corrected chi connectivity index (χ0v) is 11.5. The summed E-state index contributed by atoms with van der Waals surface area (Å²) >= 11 is 6.16. The van der Waals surface area contributed by atoms with Crippen LogP contribution in [0.25, 0.3) is 0 Å². The molecule has 98 valence electrons. The molecule has 0 spiro atoms. The van der Waals surface area contributed by atoms with Gasteiger partial charge in [-0.3, -0.25) is 4.90 Å². The van der Waals surface area contributed by atoms with Gasteiger partial charge in [0, 0.05) is 30.9 Å². The number of aromatic nitrogens is 1. The minimum absolute atomic E-state index is 0.655. The molecule has 0 bridgehead atoms. The number of hydrogen-bond donors (Lipinski definition) is 1. The molecule has 3 heterocycles. The lowest BCUT2D eigenvalue weighted by Crippen LogP contribution is -2.34. The number of fused-ring (bicyclic) bond motifs is 1.